The minimum atomic E-state index is -3.59. The third-order valence-corrected chi connectivity index (χ3v) is 7.96. The van der Waals surface area contributed by atoms with Gasteiger partial charge in [-0.25, -0.2) is 18.4 Å². The van der Waals surface area contributed by atoms with E-state index in [4.69, 9.17) is 10.2 Å². The normalized spacial score (nSPS) is 11.7. The second-order valence-corrected chi connectivity index (χ2v) is 12.5. The summed E-state index contributed by atoms with van der Waals surface area (Å²) in [6.07, 6.45) is 2.95. The molecule has 30 heavy (non-hydrogen) atoms. The molecule has 0 unspecified atom stereocenters. The van der Waals surface area contributed by atoms with Crippen LogP contribution in [0.1, 0.15) is 42.8 Å². The fourth-order valence-electron chi connectivity index (χ4n) is 2.23. The molecule has 1 amide bonds. The van der Waals surface area contributed by atoms with Crippen molar-refractivity contribution in [1.29, 1.82) is 0 Å². The molecule has 0 atom stereocenters. The van der Waals surface area contributed by atoms with Crippen LogP contribution in [0.5, 0.6) is 0 Å². The van der Waals surface area contributed by atoms with E-state index in [1.165, 1.54) is 6.20 Å². The SMILES string of the molecule is CC(C)(C)c1cnc(CS(=O)(=O)Sc2cnc(NC(=O)c3cccc(N)c3)s2)o1.Cl. The summed E-state index contributed by atoms with van der Waals surface area (Å²) in [5.41, 5.74) is 6.28. The van der Waals surface area contributed by atoms with E-state index in [1.807, 2.05) is 20.8 Å². The number of carbonyl (C=O) groups excluding carboxylic acids is 1. The van der Waals surface area contributed by atoms with E-state index in [1.54, 1.807) is 30.5 Å². The first-order valence-electron chi connectivity index (χ1n) is 8.52. The molecule has 2 aromatic heterocycles. The minimum absolute atomic E-state index is 0. The fraction of sp³-hybridized carbons (Fsp3) is 0.278. The number of aromatic nitrogens is 2. The lowest BCUT2D eigenvalue weighted by Crippen LogP contribution is -2.11. The Hall–Kier alpha value is -2.08. The highest BCUT2D eigenvalue weighted by Crippen LogP contribution is 2.34. The van der Waals surface area contributed by atoms with Crippen LogP contribution in [0.4, 0.5) is 10.8 Å². The zero-order chi connectivity index (χ0) is 21.2. The average molecular weight is 489 g/mol. The lowest BCUT2D eigenvalue weighted by molar-refractivity contribution is 0.102. The van der Waals surface area contributed by atoms with Crippen molar-refractivity contribution in [3.63, 3.8) is 0 Å². The van der Waals surface area contributed by atoms with Crippen LogP contribution in [-0.2, 0) is 20.0 Å². The summed E-state index contributed by atoms with van der Waals surface area (Å²) in [4.78, 5) is 20.4. The summed E-state index contributed by atoms with van der Waals surface area (Å²) < 4.78 is 30.9. The molecule has 0 bridgehead atoms. The van der Waals surface area contributed by atoms with Gasteiger partial charge in [0.1, 0.15) is 11.5 Å². The quantitative estimate of drug-likeness (QED) is 0.388. The zero-order valence-corrected chi connectivity index (χ0v) is 19.7. The van der Waals surface area contributed by atoms with Gasteiger partial charge in [-0.3, -0.25) is 10.1 Å². The number of halogens is 1. The highest BCUT2D eigenvalue weighted by atomic mass is 35.5. The van der Waals surface area contributed by atoms with Gasteiger partial charge in [0.25, 0.3) is 5.91 Å². The number of rotatable bonds is 6. The molecule has 0 aliphatic rings. The summed E-state index contributed by atoms with van der Waals surface area (Å²) in [7, 11) is -2.93. The van der Waals surface area contributed by atoms with Gasteiger partial charge in [0.2, 0.25) is 14.8 Å². The molecule has 1 aromatic carbocycles. The maximum absolute atomic E-state index is 12.5. The number of thiazole rings is 1. The molecule has 3 rings (SSSR count). The number of hydrogen-bond donors (Lipinski definition) is 2. The van der Waals surface area contributed by atoms with E-state index in [0.717, 1.165) is 11.3 Å². The zero-order valence-electron chi connectivity index (χ0n) is 16.4. The van der Waals surface area contributed by atoms with E-state index in [0.29, 0.717) is 37.1 Å². The van der Waals surface area contributed by atoms with Crippen LogP contribution in [0.15, 0.2) is 45.3 Å². The lowest BCUT2D eigenvalue weighted by Gasteiger charge is -2.13. The van der Waals surface area contributed by atoms with E-state index in [-0.39, 0.29) is 35.4 Å². The number of nitrogen functional groups attached to an aromatic ring is 1. The largest absolute Gasteiger partial charge is 0.444 e. The number of carbonyl (C=O) groups is 1. The number of nitrogens with one attached hydrogen (secondary N) is 1. The Morgan fingerprint density at radius 1 is 1.27 bits per heavy atom. The van der Waals surface area contributed by atoms with Crippen LogP contribution in [0, 0.1) is 0 Å². The molecule has 0 radical (unpaired) electrons. The summed E-state index contributed by atoms with van der Waals surface area (Å²) >= 11 is 1.07. The standard InChI is InChI=1S/C18H20N4O4S3.ClH/c1-18(2,3)13-8-20-14(26-13)10-29(24,25)28-15-9-21-17(27-15)22-16(23)11-5-4-6-12(19)7-11;/h4-9H,10,19H2,1-3H3,(H,21,22,23);1H. The first-order valence-corrected chi connectivity index (χ1v) is 12.3. The van der Waals surface area contributed by atoms with E-state index in [9.17, 15) is 13.2 Å². The van der Waals surface area contributed by atoms with Crippen molar-refractivity contribution in [3.05, 3.63) is 53.9 Å². The number of amides is 1. The predicted octanol–water partition coefficient (Wildman–Crippen LogP) is 4.31. The summed E-state index contributed by atoms with van der Waals surface area (Å²) in [5, 5.41) is 2.93. The van der Waals surface area contributed by atoms with Gasteiger partial charge < -0.3 is 10.2 Å². The van der Waals surface area contributed by atoms with Crippen LogP contribution < -0.4 is 11.1 Å². The molecule has 3 N–H and O–H groups in total. The highest BCUT2D eigenvalue weighted by Gasteiger charge is 2.23. The monoisotopic (exact) mass is 488 g/mol. The van der Waals surface area contributed by atoms with Crippen molar-refractivity contribution < 1.29 is 17.6 Å². The van der Waals surface area contributed by atoms with Crippen molar-refractivity contribution in [2.75, 3.05) is 11.1 Å². The Kier molecular flexibility index (Phi) is 7.56. The maximum Gasteiger partial charge on any atom is 0.257 e. The molecule has 0 saturated carbocycles. The Bertz CT molecular complexity index is 1140. The molecule has 0 saturated heterocycles. The number of anilines is 2. The van der Waals surface area contributed by atoms with Gasteiger partial charge in [-0.1, -0.05) is 38.2 Å². The average Bonchev–Trinajstić information content (AvgIpc) is 3.23. The predicted molar refractivity (Wildman–Crippen MR) is 122 cm³/mol. The van der Waals surface area contributed by atoms with E-state index < -0.39 is 8.87 Å². The molecular formula is C18H21ClN4O4S3. The van der Waals surface area contributed by atoms with Crippen LogP contribution >= 0.6 is 34.5 Å². The van der Waals surface area contributed by atoms with Gasteiger partial charge in [-0.2, -0.15) is 0 Å². The Morgan fingerprint density at radius 2 is 2.00 bits per heavy atom. The van der Waals surface area contributed by atoms with Crippen molar-refractivity contribution >= 4 is 60.1 Å². The molecule has 162 valence electrons. The molecular weight excluding hydrogens is 468 g/mol. The molecule has 0 aliphatic carbocycles. The lowest BCUT2D eigenvalue weighted by atomic mass is 9.94. The molecule has 0 spiro atoms. The molecule has 0 aliphatic heterocycles. The van der Waals surface area contributed by atoms with Gasteiger partial charge in [0, 0.05) is 27.5 Å². The van der Waals surface area contributed by atoms with Crippen LogP contribution in [0.25, 0.3) is 0 Å². The summed E-state index contributed by atoms with van der Waals surface area (Å²) in [6.45, 7) is 5.87. The first kappa shape index (κ1) is 24.2. The Morgan fingerprint density at radius 3 is 2.63 bits per heavy atom. The summed E-state index contributed by atoms with van der Waals surface area (Å²) in [6, 6.07) is 6.53. The van der Waals surface area contributed by atoms with Gasteiger partial charge in [-0.15, -0.1) is 12.4 Å². The maximum atomic E-state index is 12.5. The third kappa shape index (κ3) is 6.46. The molecule has 2 heterocycles. The van der Waals surface area contributed by atoms with E-state index in [2.05, 4.69) is 15.3 Å². The van der Waals surface area contributed by atoms with Gasteiger partial charge in [-0.05, 0) is 18.2 Å². The molecule has 12 heteroatoms. The Balaban J connectivity index is 0.00000320. The van der Waals surface area contributed by atoms with Crippen molar-refractivity contribution in [3.8, 4) is 0 Å². The summed E-state index contributed by atoms with van der Waals surface area (Å²) in [5.74, 6) is 0.0520. The number of nitrogens with zero attached hydrogens (tertiary/aromatic N) is 2. The fourth-order valence-corrected chi connectivity index (χ4v) is 6.59. The van der Waals surface area contributed by atoms with Crippen molar-refractivity contribution in [2.24, 2.45) is 0 Å². The van der Waals surface area contributed by atoms with Crippen molar-refractivity contribution in [1.82, 2.24) is 9.97 Å². The Labute approximate surface area is 188 Å². The number of benzene rings is 1. The topological polar surface area (TPSA) is 128 Å². The second kappa shape index (κ2) is 9.38. The molecule has 0 fully saturated rings. The number of nitrogens with two attached hydrogens (primary N) is 1. The van der Waals surface area contributed by atoms with Crippen molar-refractivity contribution in [2.45, 2.75) is 36.1 Å². The van der Waals surface area contributed by atoms with Gasteiger partial charge in [0.15, 0.2) is 5.13 Å². The van der Waals surface area contributed by atoms with E-state index >= 15 is 0 Å². The van der Waals surface area contributed by atoms with Gasteiger partial charge >= 0.3 is 0 Å². The van der Waals surface area contributed by atoms with Gasteiger partial charge in [0.05, 0.1) is 16.6 Å². The smallest absolute Gasteiger partial charge is 0.257 e. The van der Waals surface area contributed by atoms with Crippen LogP contribution in [-0.4, -0.2) is 24.3 Å². The first-order chi connectivity index (χ1) is 13.5. The minimum Gasteiger partial charge on any atom is -0.444 e. The number of hydrogen-bond acceptors (Lipinski definition) is 9. The molecule has 8 nitrogen and oxygen atoms in total. The van der Waals surface area contributed by atoms with Crippen LogP contribution in [0.3, 0.4) is 0 Å². The second-order valence-electron chi connectivity index (χ2n) is 7.22. The third-order valence-electron chi connectivity index (χ3n) is 3.66. The molecule has 3 aromatic rings. The van der Waals surface area contributed by atoms with Crippen LogP contribution in [0.2, 0.25) is 0 Å². The number of oxazole rings is 1. The highest BCUT2D eigenvalue weighted by molar-refractivity contribution is 8.72.